The van der Waals surface area contributed by atoms with Gasteiger partial charge in [-0.2, -0.15) is 0 Å². The molecule has 6 heteroatoms. The van der Waals surface area contributed by atoms with Crippen LogP contribution in [0.4, 0.5) is 0 Å². The van der Waals surface area contributed by atoms with Crippen molar-refractivity contribution in [3.63, 3.8) is 0 Å². The van der Waals surface area contributed by atoms with Crippen molar-refractivity contribution in [1.82, 2.24) is 11.4 Å². The Balaban J connectivity index is 5.62. The zero-order chi connectivity index (χ0) is 11.8. The molecule has 0 atom stereocenters. The second-order valence-corrected chi connectivity index (χ2v) is 21.9. The Kier molecular flexibility index (Phi) is 4.80. The minimum atomic E-state index is -3.78. The number of nitrogens with zero attached hydrogens (tertiary/aromatic N) is 4. The molecule has 0 aliphatic rings. The van der Waals surface area contributed by atoms with Gasteiger partial charge in [-0.15, -0.1) is 0 Å². The van der Waals surface area contributed by atoms with Crippen LogP contribution in [0.3, 0.4) is 0 Å². The van der Waals surface area contributed by atoms with Crippen molar-refractivity contribution in [2.24, 2.45) is 0 Å². The first-order chi connectivity index (χ1) is 6.10. The molecule has 87 valence electrons. The predicted molar refractivity (Wildman–Crippen MR) is 60.6 cm³/mol. The van der Waals surface area contributed by atoms with E-state index in [9.17, 15) is 0 Å². The summed E-state index contributed by atoms with van der Waals surface area (Å²) in [5.74, 6) is 0. The number of hydrogen-bond acceptors (Lipinski definition) is 4. The van der Waals surface area contributed by atoms with E-state index in [1.165, 1.54) is 0 Å². The monoisotopic (exact) mass is 301 g/mol. The first-order valence-electron chi connectivity index (χ1n) is 4.66. The summed E-state index contributed by atoms with van der Waals surface area (Å²) in [5, 5.41) is 0. The molecule has 0 saturated carbocycles. The van der Waals surface area contributed by atoms with Crippen molar-refractivity contribution < 1.29 is 18.8 Å². The molecule has 4 nitrogen and oxygen atoms in total. The fourth-order valence-electron chi connectivity index (χ4n) is 2.40. The van der Waals surface area contributed by atoms with E-state index in [-0.39, 0.29) is 0 Å². The van der Waals surface area contributed by atoms with E-state index >= 15 is 0 Å². The predicted octanol–water partition coefficient (Wildman–Crippen LogP) is 0.736. The zero-order valence-electron chi connectivity index (χ0n) is 10.7. The quantitative estimate of drug-likeness (QED) is 0.759. The maximum absolute atomic E-state index is 7.05. The van der Waals surface area contributed by atoms with Gasteiger partial charge < -0.3 is 0 Å². The molecule has 0 N–H and O–H groups in total. The summed E-state index contributed by atoms with van der Waals surface area (Å²) in [7, 11) is 23.5. The molecular formula is C8H24ClN4Zr. The third kappa shape index (κ3) is 1.72. The SMILES string of the molecule is C[N](C)[Zr]([Cl])([N](C)C)([N](C)C)[N](C)C. The van der Waals surface area contributed by atoms with E-state index in [0.717, 1.165) is 0 Å². The Morgan fingerprint density at radius 3 is 0.714 bits per heavy atom. The Morgan fingerprint density at radius 1 is 0.571 bits per heavy atom. The van der Waals surface area contributed by atoms with E-state index < -0.39 is 18.8 Å². The molecule has 0 aromatic carbocycles. The molecule has 0 aliphatic heterocycles. The molecule has 14 heavy (non-hydrogen) atoms. The third-order valence-electron chi connectivity index (χ3n) is 3.08. The second kappa shape index (κ2) is 4.48. The molecule has 0 spiro atoms. The Labute approximate surface area is 94.7 Å². The van der Waals surface area contributed by atoms with E-state index in [4.69, 9.17) is 8.51 Å². The van der Waals surface area contributed by atoms with Gasteiger partial charge in [0.25, 0.3) is 0 Å². The topological polar surface area (TPSA) is 13.0 Å². The van der Waals surface area contributed by atoms with Gasteiger partial charge in [0, 0.05) is 0 Å². The molecule has 0 heterocycles. The fourth-order valence-corrected chi connectivity index (χ4v) is 14.2. The van der Waals surface area contributed by atoms with Crippen molar-refractivity contribution in [3.05, 3.63) is 0 Å². The van der Waals surface area contributed by atoms with Crippen LogP contribution in [0.5, 0.6) is 0 Å². The molecule has 0 unspecified atom stereocenters. The third-order valence-corrected chi connectivity index (χ3v) is 26.2. The van der Waals surface area contributed by atoms with Crippen molar-refractivity contribution in [1.29, 1.82) is 0 Å². The average Bonchev–Trinajstić information content (AvgIpc) is 2.00. The van der Waals surface area contributed by atoms with Crippen LogP contribution in [0.2, 0.25) is 0 Å². The first kappa shape index (κ1) is 15.0. The van der Waals surface area contributed by atoms with Crippen LogP contribution in [-0.4, -0.2) is 67.8 Å². The summed E-state index contributed by atoms with van der Waals surface area (Å²) in [6.45, 7) is 0. The van der Waals surface area contributed by atoms with Crippen LogP contribution in [0.1, 0.15) is 0 Å². The van der Waals surface area contributed by atoms with Gasteiger partial charge in [-0.05, 0) is 0 Å². The van der Waals surface area contributed by atoms with Gasteiger partial charge in [-0.25, -0.2) is 0 Å². The van der Waals surface area contributed by atoms with Gasteiger partial charge in [0.05, 0.1) is 0 Å². The van der Waals surface area contributed by atoms with Crippen LogP contribution >= 0.6 is 8.51 Å². The Morgan fingerprint density at radius 2 is 0.714 bits per heavy atom. The summed E-state index contributed by atoms with van der Waals surface area (Å²) in [6, 6.07) is 0. The normalized spacial score (nSPS) is 16.8. The second-order valence-electron chi connectivity index (χ2n) is 4.52. The Hall–Kier alpha value is 1.01. The van der Waals surface area contributed by atoms with E-state index in [1.807, 2.05) is 0 Å². The summed E-state index contributed by atoms with van der Waals surface area (Å²) >= 11 is -3.78. The molecule has 0 aromatic rings. The minimum absolute atomic E-state index is 2.05. The van der Waals surface area contributed by atoms with E-state index in [1.54, 1.807) is 0 Å². The molecule has 0 aliphatic carbocycles. The van der Waals surface area contributed by atoms with E-state index in [2.05, 4.69) is 67.8 Å². The van der Waals surface area contributed by atoms with Crippen LogP contribution in [0.25, 0.3) is 0 Å². The van der Waals surface area contributed by atoms with Gasteiger partial charge in [0.1, 0.15) is 0 Å². The summed E-state index contributed by atoms with van der Waals surface area (Å²) in [4.78, 5) is 0. The number of halogens is 1. The number of rotatable bonds is 4. The van der Waals surface area contributed by atoms with Gasteiger partial charge in [0.15, 0.2) is 0 Å². The fraction of sp³-hybridized carbons (Fsp3) is 1.00. The van der Waals surface area contributed by atoms with Gasteiger partial charge >= 0.3 is 95.0 Å². The van der Waals surface area contributed by atoms with Crippen LogP contribution < -0.4 is 0 Å². The average molecular weight is 303 g/mol. The van der Waals surface area contributed by atoms with Gasteiger partial charge in [-0.1, -0.05) is 0 Å². The van der Waals surface area contributed by atoms with Gasteiger partial charge in [0.2, 0.25) is 0 Å². The first-order valence-corrected chi connectivity index (χ1v) is 12.2. The Bertz CT molecular complexity index is 162. The van der Waals surface area contributed by atoms with Gasteiger partial charge in [-0.3, -0.25) is 0 Å². The zero-order valence-corrected chi connectivity index (χ0v) is 13.9. The van der Waals surface area contributed by atoms with E-state index in [0.29, 0.717) is 0 Å². The molecule has 0 saturated heterocycles. The van der Waals surface area contributed by atoms with Crippen LogP contribution in [0.15, 0.2) is 0 Å². The molecule has 0 rings (SSSR count). The van der Waals surface area contributed by atoms with Crippen LogP contribution in [-0.2, 0) is 18.8 Å². The van der Waals surface area contributed by atoms with Crippen LogP contribution in [0, 0.1) is 0 Å². The van der Waals surface area contributed by atoms with Crippen molar-refractivity contribution >= 4 is 8.51 Å². The maximum atomic E-state index is 7.05. The molecule has 0 fully saturated rings. The molecule has 0 bridgehead atoms. The molecule has 0 aromatic heterocycles. The number of hydrogen-bond donors (Lipinski definition) is 0. The molecular weight excluding hydrogens is 279 g/mol. The summed E-state index contributed by atoms with van der Waals surface area (Å²) in [5.41, 5.74) is 0. The summed E-state index contributed by atoms with van der Waals surface area (Å²) < 4.78 is 8.73. The van der Waals surface area contributed by atoms with Crippen molar-refractivity contribution in [2.75, 3.05) is 56.4 Å². The summed E-state index contributed by atoms with van der Waals surface area (Å²) in [6.07, 6.45) is 0. The van der Waals surface area contributed by atoms with Crippen molar-refractivity contribution in [2.45, 2.75) is 0 Å². The van der Waals surface area contributed by atoms with Crippen molar-refractivity contribution in [3.8, 4) is 0 Å². The molecule has 0 amide bonds. The molecule has 0 radical (unpaired) electrons. The standard InChI is InChI=1S/4C2H6N.ClH.Zr/c4*1-3-2;;/h4*1-2H3;1H;/q4*-1;;+5/p-1.